The number of methoxy groups -OCH3 is 1. The molecule has 2 fully saturated rings. The summed E-state index contributed by atoms with van der Waals surface area (Å²) >= 11 is 6.38. The molecule has 2 aliphatic rings. The van der Waals surface area contributed by atoms with E-state index in [1.165, 1.54) is 31.3 Å². The number of carbonyl (C=O) groups excluding carboxylic acids is 2. The molecule has 40 heavy (non-hydrogen) atoms. The van der Waals surface area contributed by atoms with Gasteiger partial charge in [0, 0.05) is 62.6 Å². The van der Waals surface area contributed by atoms with Gasteiger partial charge >= 0.3 is 18.2 Å². The van der Waals surface area contributed by atoms with Gasteiger partial charge in [-0.25, -0.2) is 14.4 Å². The van der Waals surface area contributed by atoms with Crippen LogP contribution >= 0.6 is 11.6 Å². The molecule has 0 radical (unpaired) electrons. The van der Waals surface area contributed by atoms with Crippen LogP contribution in [0.5, 0.6) is 0 Å². The molecule has 1 unspecified atom stereocenters. The molecule has 1 aliphatic heterocycles. The number of piperidine rings is 1. The van der Waals surface area contributed by atoms with Crippen molar-refractivity contribution in [2.75, 3.05) is 51.8 Å². The van der Waals surface area contributed by atoms with Crippen molar-refractivity contribution in [2.45, 2.75) is 76.8 Å². The van der Waals surface area contributed by atoms with Crippen molar-refractivity contribution in [3.05, 3.63) is 28.8 Å². The summed E-state index contributed by atoms with van der Waals surface area (Å²) in [5.74, 6) is 0.509. The molecule has 10 nitrogen and oxygen atoms in total. The fourth-order valence-corrected chi connectivity index (χ4v) is 6.14. The number of alkyl carbamates (subject to hydrolysis) is 1. The smallest absolute Gasteiger partial charge is 0.407 e. The van der Waals surface area contributed by atoms with E-state index in [0.717, 1.165) is 43.4 Å². The normalized spacial score (nSPS) is 18.5. The van der Waals surface area contributed by atoms with Crippen LogP contribution in [0.1, 0.15) is 63.4 Å². The first kappa shape index (κ1) is 31.6. The number of urea groups is 1. The maximum absolute atomic E-state index is 13.5. The Kier molecular flexibility index (Phi) is 12.5. The first-order valence-corrected chi connectivity index (χ1v) is 14.9. The van der Waals surface area contributed by atoms with Crippen molar-refractivity contribution in [1.82, 2.24) is 20.4 Å². The van der Waals surface area contributed by atoms with Gasteiger partial charge < -0.3 is 35.2 Å². The van der Waals surface area contributed by atoms with Gasteiger partial charge in [-0.2, -0.15) is 0 Å². The number of ether oxygens (including phenoxy) is 1. The minimum absolute atomic E-state index is 0.0771. The number of nitrogens with zero attached hydrogens (tertiary/aromatic N) is 3. The van der Waals surface area contributed by atoms with Crippen LogP contribution in [0, 0.1) is 12.8 Å². The standard InChI is InChI=1S/C29H46ClN5O5/c1-21-12-13-23(30)18-26(21)35(16-8-14-31-28(37)40-3)25-11-7-15-34(20-25)27(36)32-24(19-33(2)29(38)39)17-22-9-5-4-6-10-22/h12-13,18,22,24-25H,4-11,14-17,19-20H2,1-3H3,(H,31,37)(H,32,36)(H,38,39)/t24-,25?/m0/s1. The predicted octanol–water partition coefficient (Wildman–Crippen LogP) is 5.32. The van der Waals surface area contributed by atoms with E-state index >= 15 is 0 Å². The Morgan fingerprint density at radius 3 is 2.62 bits per heavy atom. The van der Waals surface area contributed by atoms with E-state index in [4.69, 9.17) is 11.6 Å². The van der Waals surface area contributed by atoms with Crippen LogP contribution in [-0.2, 0) is 4.74 Å². The largest absolute Gasteiger partial charge is 0.465 e. The molecular formula is C29H46ClN5O5. The second-order valence-corrected chi connectivity index (χ2v) is 11.6. The van der Waals surface area contributed by atoms with E-state index in [9.17, 15) is 19.5 Å². The Morgan fingerprint density at radius 2 is 1.93 bits per heavy atom. The SMILES string of the molecule is COC(=O)NCCCN(c1cc(Cl)ccc1C)C1CCCN(C(=O)N[C@@H](CC2CCCCC2)CN(C)C(=O)O)C1. The second kappa shape index (κ2) is 15.8. The number of halogens is 1. The lowest BCUT2D eigenvalue weighted by Crippen LogP contribution is -2.55. The van der Waals surface area contributed by atoms with Gasteiger partial charge in [0.05, 0.1) is 7.11 Å². The van der Waals surface area contributed by atoms with Gasteiger partial charge in [0.2, 0.25) is 0 Å². The van der Waals surface area contributed by atoms with Gasteiger partial charge in [-0.15, -0.1) is 0 Å². The summed E-state index contributed by atoms with van der Waals surface area (Å²) in [4.78, 5) is 42.0. The van der Waals surface area contributed by atoms with E-state index in [1.54, 1.807) is 7.05 Å². The van der Waals surface area contributed by atoms with Crippen molar-refractivity contribution >= 4 is 35.5 Å². The second-order valence-electron chi connectivity index (χ2n) is 11.2. The predicted molar refractivity (Wildman–Crippen MR) is 157 cm³/mol. The van der Waals surface area contributed by atoms with Gasteiger partial charge in [0.15, 0.2) is 0 Å². The highest BCUT2D eigenvalue weighted by Crippen LogP contribution is 2.30. The Hall–Kier alpha value is -2.88. The van der Waals surface area contributed by atoms with Crippen LogP contribution in [0.3, 0.4) is 0 Å². The van der Waals surface area contributed by atoms with E-state index in [0.29, 0.717) is 43.5 Å². The Bertz CT molecular complexity index is 990. The molecule has 2 atom stereocenters. The third kappa shape index (κ3) is 9.64. The van der Waals surface area contributed by atoms with E-state index in [2.05, 4.69) is 20.3 Å². The van der Waals surface area contributed by atoms with E-state index < -0.39 is 12.2 Å². The monoisotopic (exact) mass is 579 g/mol. The Morgan fingerprint density at radius 1 is 1.18 bits per heavy atom. The fraction of sp³-hybridized carbons (Fsp3) is 0.690. The number of rotatable bonds is 11. The minimum Gasteiger partial charge on any atom is -0.465 e. The van der Waals surface area contributed by atoms with E-state index in [1.807, 2.05) is 30.0 Å². The molecule has 1 aliphatic carbocycles. The molecule has 1 heterocycles. The van der Waals surface area contributed by atoms with Crippen LogP contribution in [-0.4, -0.2) is 92.1 Å². The zero-order chi connectivity index (χ0) is 29.1. The number of amides is 4. The summed E-state index contributed by atoms with van der Waals surface area (Å²) in [5.41, 5.74) is 2.12. The molecule has 0 bridgehead atoms. The zero-order valence-corrected chi connectivity index (χ0v) is 24.9. The number of likely N-dealkylation sites (tertiary alicyclic amines) is 1. The van der Waals surface area contributed by atoms with Gasteiger partial charge in [0.1, 0.15) is 0 Å². The van der Waals surface area contributed by atoms with Crippen LogP contribution in [0.4, 0.5) is 20.1 Å². The van der Waals surface area contributed by atoms with Crippen LogP contribution < -0.4 is 15.5 Å². The number of likely N-dealkylation sites (N-methyl/N-ethyl adjacent to an activating group) is 1. The van der Waals surface area contributed by atoms with Gasteiger partial charge in [0.25, 0.3) is 0 Å². The molecule has 11 heteroatoms. The molecule has 0 spiro atoms. The highest BCUT2D eigenvalue weighted by molar-refractivity contribution is 6.30. The number of carboxylic acid groups (broad SMARTS) is 1. The summed E-state index contributed by atoms with van der Waals surface area (Å²) in [6.45, 7) is 4.68. The molecule has 3 N–H and O–H groups in total. The Labute approximate surface area is 243 Å². The van der Waals surface area contributed by atoms with Crippen molar-refractivity contribution in [3.8, 4) is 0 Å². The molecule has 0 aromatic heterocycles. The molecule has 1 saturated heterocycles. The van der Waals surface area contributed by atoms with Crippen molar-refractivity contribution < 1.29 is 24.2 Å². The molecule has 1 aromatic rings. The summed E-state index contributed by atoms with van der Waals surface area (Å²) in [6.07, 6.45) is 7.74. The molecule has 1 aromatic carbocycles. The summed E-state index contributed by atoms with van der Waals surface area (Å²) in [7, 11) is 2.90. The molecule has 224 valence electrons. The number of anilines is 1. The maximum atomic E-state index is 13.5. The lowest BCUT2D eigenvalue weighted by atomic mass is 9.84. The molecular weight excluding hydrogens is 534 g/mol. The minimum atomic E-state index is -0.991. The number of benzene rings is 1. The average Bonchev–Trinajstić information content (AvgIpc) is 2.94. The van der Waals surface area contributed by atoms with Crippen molar-refractivity contribution in [2.24, 2.45) is 5.92 Å². The van der Waals surface area contributed by atoms with Gasteiger partial charge in [-0.3, -0.25) is 0 Å². The lowest BCUT2D eigenvalue weighted by Gasteiger charge is -2.42. The van der Waals surface area contributed by atoms with Crippen molar-refractivity contribution in [1.29, 1.82) is 0 Å². The Balaban J connectivity index is 1.70. The highest BCUT2D eigenvalue weighted by Gasteiger charge is 2.31. The number of hydrogen-bond acceptors (Lipinski definition) is 5. The number of carbonyl (C=O) groups is 3. The third-order valence-corrected chi connectivity index (χ3v) is 8.36. The lowest BCUT2D eigenvalue weighted by molar-refractivity contribution is 0.142. The van der Waals surface area contributed by atoms with Crippen LogP contribution in [0.25, 0.3) is 0 Å². The van der Waals surface area contributed by atoms with Crippen molar-refractivity contribution in [3.63, 3.8) is 0 Å². The van der Waals surface area contributed by atoms with Gasteiger partial charge in [-0.1, -0.05) is 49.8 Å². The van der Waals surface area contributed by atoms with E-state index in [-0.39, 0.29) is 24.7 Å². The summed E-state index contributed by atoms with van der Waals surface area (Å²) < 4.78 is 4.68. The summed E-state index contributed by atoms with van der Waals surface area (Å²) in [6, 6.07) is 5.55. The first-order chi connectivity index (χ1) is 19.2. The molecule has 4 amide bonds. The zero-order valence-electron chi connectivity index (χ0n) is 24.2. The number of aryl methyl sites for hydroxylation is 1. The van der Waals surface area contributed by atoms with Crippen LogP contribution in [0.15, 0.2) is 18.2 Å². The summed E-state index contributed by atoms with van der Waals surface area (Å²) in [5, 5.41) is 16.0. The number of nitrogens with one attached hydrogen (secondary N) is 2. The molecule has 3 rings (SSSR count). The first-order valence-electron chi connectivity index (χ1n) is 14.5. The third-order valence-electron chi connectivity index (χ3n) is 8.13. The quantitative estimate of drug-likeness (QED) is 0.306. The fourth-order valence-electron chi connectivity index (χ4n) is 5.98. The average molecular weight is 580 g/mol. The maximum Gasteiger partial charge on any atom is 0.407 e. The number of hydrogen-bond donors (Lipinski definition) is 3. The topological polar surface area (TPSA) is 114 Å². The van der Waals surface area contributed by atoms with Crippen LogP contribution in [0.2, 0.25) is 5.02 Å². The molecule has 1 saturated carbocycles. The highest BCUT2D eigenvalue weighted by atomic mass is 35.5. The van der Waals surface area contributed by atoms with Gasteiger partial charge in [-0.05, 0) is 56.2 Å².